The number of aryl methyl sites for hydroxylation is 3. The number of carbonyl (C=O) groups is 1. The first-order chi connectivity index (χ1) is 13.0. The lowest BCUT2D eigenvalue weighted by Gasteiger charge is -2.36. The number of H-pyrrole nitrogens is 1. The number of nitrogens with zero attached hydrogens (tertiary/aromatic N) is 3. The SMILES string of the molecule is Cc1ccc(CN(C(=O)CN2CCOCC2c2c(C)n[nH]c2C)C2CC2)o1. The van der Waals surface area contributed by atoms with Crippen molar-refractivity contribution in [3.05, 3.63) is 40.6 Å². The maximum atomic E-state index is 13.2. The molecule has 2 aromatic rings. The van der Waals surface area contributed by atoms with E-state index in [0.29, 0.717) is 32.3 Å². The molecule has 1 amide bonds. The van der Waals surface area contributed by atoms with Crippen LogP contribution in [-0.4, -0.2) is 58.2 Å². The van der Waals surface area contributed by atoms with Crippen molar-refractivity contribution in [1.82, 2.24) is 20.0 Å². The molecule has 27 heavy (non-hydrogen) atoms. The Bertz CT molecular complexity index is 789. The molecule has 1 N–H and O–H groups in total. The maximum absolute atomic E-state index is 13.2. The highest BCUT2D eigenvalue weighted by molar-refractivity contribution is 5.79. The van der Waals surface area contributed by atoms with Gasteiger partial charge in [0.2, 0.25) is 5.91 Å². The summed E-state index contributed by atoms with van der Waals surface area (Å²) in [5.41, 5.74) is 3.18. The molecule has 7 nitrogen and oxygen atoms in total. The molecule has 146 valence electrons. The van der Waals surface area contributed by atoms with Gasteiger partial charge in [0.15, 0.2) is 0 Å². The summed E-state index contributed by atoms with van der Waals surface area (Å²) >= 11 is 0. The Labute approximate surface area is 159 Å². The largest absolute Gasteiger partial charge is 0.464 e. The molecule has 2 fully saturated rings. The summed E-state index contributed by atoms with van der Waals surface area (Å²) in [6, 6.07) is 4.33. The molecule has 0 bridgehead atoms. The Morgan fingerprint density at radius 2 is 2.15 bits per heavy atom. The Kier molecular flexibility index (Phi) is 5.06. The lowest BCUT2D eigenvalue weighted by Crippen LogP contribution is -2.47. The van der Waals surface area contributed by atoms with Crippen molar-refractivity contribution in [2.24, 2.45) is 0 Å². The summed E-state index contributed by atoms with van der Waals surface area (Å²) in [6.45, 7) is 8.91. The van der Waals surface area contributed by atoms with E-state index in [-0.39, 0.29) is 11.9 Å². The summed E-state index contributed by atoms with van der Waals surface area (Å²) in [5.74, 6) is 1.90. The van der Waals surface area contributed by atoms with Gasteiger partial charge in [0.1, 0.15) is 11.5 Å². The van der Waals surface area contributed by atoms with Crippen LogP contribution in [0.5, 0.6) is 0 Å². The van der Waals surface area contributed by atoms with Crippen molar-refractivity contribution < 1.29 is 13.9 Å². The molecule has 1 unspecified atom stereocenters. The molecule has 1 atom stereocenters. The Morgan fingerprint density at radius 1 is 1.33 bits per heavy atom. The molecule has 2 aromatic heterocycles. The number of carbonyl (C=O) groups excluding carboxylic acids is 1. The molecule has 2 aliphatic rings. The molecule has 0 spiro atoms. The van der Waals surface area contributed by atoms with Crippen LogP contribution >= 0.6 is 0 Å². The topological polar surface area (TPSA) is 74.6 Å². The van der Waals surface area contributed by atoms with E-state index >= 15 is 0 Å². The van der Waals surface area contributed by atoms with E-state index in [0.717, 1.165) is 47.9 Å². The first kappa shape index (κ1) is 18.3. The minimum absolute atomic E-state index is 0.0633. The van der Waals surface area contributed by atoms with Crippen LogP contribution in [0.15, 0.2) is 16.5 Å². The summed E-state index contributed by atoms with van der Waals surface area (Å²) < 4.78 is 11.4. The molecular formula is C20H28N4O3. The molecule has 1 aliphatic heterocycles. The molecule has 1 aliphatic carbocycles. The van der Waals surface area contributed by atoms with Crippen LogP contribution < -0.4 is 0 Å². The summed E-state index contributed by atoms with van der Waals surface area (Å²) in [5, 5.41) is 7.38. The predicted molar refractivity (Wildman–Crippen MR) is 100 cm³/mol. The fraction of sp³-hybridized carbons (Fsp3) is 0.600. The highest BCUT2D eigenvalue weighted by Crippen LogP contribution is 2.31. The van der Waals surface area contributed by atoms with E-state index in [1.807, 2.05) is 37.8 Å². The number of hydrogen-bond donors (Lipinski definition) is 1. The number of amides is 1. The van der Waals surface area contributed by atoms with Crippen LogP contribution in [0.2, 0.25) is 0 Å². The Balaban J connectivity index is 1.49. The van der Waals surface area contributed by atoms with Crippen LogP contribution in [-0.2, 0) is 16.1 Å². The predicted octanol–water partition coefficient (Wildman–Crippen LogP) is 2.49. The molecule has 7 heteroatoms. The van der Waals surface area contributed by atoms with Crippen LogP contribution in [0, 0.1) is 20.8 Å². The second-order valence-corrected chi connectivity index (χ2v) is 7.67. The number of hydrogen-bond acceptors (Lipinski definition) is 5. The van der Waals surface area contributed by atoms with Gasteiger partial charge in [0.05, 0.1) is 38.0 Å². The normalized spacial score (nSPS) is 20.8. The molecule has 0 radical (unpaired) electrons. The highest BCUT2D eigenvalue weighted by Gasteiger charge is 2.36. The molecule has 1 saturated carbocycles. The zero-order valence-electron chi connectivity index (χ0n) is 16.3. The van der Waals surface area contributed by atoms with Crippen LogP contribution in [0.3, 0.4) is 0 Å². The fourth-order valence-electron chi connectivity index (χ4n) is 3.95. The number of nitrogens with one attached hydrogen (secondary N) is 1. The molecular weight excluding hydrogens is 344 g/mol. The first-order valence-electron chi connectivity index (χ1n) is 9.71. The highest BCUT2D eigenvalue weighted by atomic mass is 16.5. The van der Waals surface area contributed by atoms with Gasteiger partial charge in [-0.3, -0.25) is 14.8 Å². The number of ether oxygens (including phenoxy) is 1. The lowest BCUT2D eigenvalue weighted by atomic mass is 10.0. The van der Waals surface area contributed by atoms with Gasteiger partial charge in [-0.05, 0) is 45.7 Å². The van der Waals surface area contributed by atoms with E-state index < -0.39 is 0 Å². The first-order valence-corrected chi connectivity index (χ1v) is 9.71. The van der Waals surface area contributed by atoms with Crippen LogP contribution in [0.4, 0.5) is 0 Å². The molecule has 3 heterocycles. The smallest absolute Gasteiger partial charge is 0.237 e. The third-order valence-corrected chi connectivity index (χ3v) is 5.53. The van der Waals surface area contributed by atoms with Crippen LogP contribution in [0.1, 0.15) is 47.4 Å². The van der Waals surface area contributed by atoms with Crippen LogP contribution in [0.25, 0.3) is 0 Å². The number of furan rings is 1. The number of aromatic amines is 1. The Hall–Kier alpha value is -2.12. The number of rotatable bonds is 6. The molecule has 1 saturated heterocycles. The fourth-order valence-corrected chi connectivity index (χ4v) is 3.95. The number of morpholine rings is 1. The number of aromatic nitrogens is 2. The summed E-state index contributed by atoms with van der Waals surface area (Å²) in [6.07, 6.45) is 2.16. The van der Waals surface area contributed by atoms with Crippen molar-refractivity contribution in [2.75, 3.05) is 26.3 Å². The quantitative estimate of drug-likeness (QED) is 0.843. The van der Waals surface area contributed by atoms with E-state index in [1.165, 1.54) is 0 Å². The monoisotopic (exact) mass is 372 g/mol. The zero-order valence-corrected chi connectivity index (χ0v) is 16.3. The van der Waals surface area contributed by atoms with Crippen molar-refractivity contribution in [3.8, 4) is 0 Å². The van der Waals surface area contributed by atoms with Crippen molar-refractivity contribution in [2.45, 2.75) is 52.2 Å². The molecule has 0 aromatic carbocycles. The van der Waals surface area contributed by atoms with Crippen molar-refractivity contribution >= 4 is 5.91 Å². The van der Waals surface area contributed by atoms with E-state index in [2.05, 4.69) is 15.1 Å². The average molecular weight is 372 g/mol. The molecule has 4 rings (SSSR count). The summed E-state index contributed by atoms with van der Waals surface area (Å²) in [7, 11) is 0. The standard InChI is InChI=1S/C20H28N4O3/c1-13-4-7-17(27-13)10-24(16-5-6-16)19(25)11-23-8-9-26-12-18(23)20-14(2)21-22-15(20)3/h4,7,16,18H,5-6,8-12H2,1-3H3,(H,21,22). The van der Waals surface area contributed by atoms with E-state index in [1.54, 1.807) is 0 Å². The third kappa shape index (κ3) is 3.94. The van der Waals surface area contributed by atoms with E-state index in [4.69, 9.17) is 9.15 Å². The van der Waals surface area contributed by atoms with Gasteiger partial charge in [0.25, 0.3) is 0 Å². The van der Waals surface area contributed by atoms with Gasteiger partial charge in [-0.2, -0.15) is 5.10 Å². The van der Waals surface area contributed by atoms with Gasteiger partial charge in [-0.1, -0.05) is 0 Å². The van der Waals surface area contributed by atoms with Crippen molar-refractivity contribution in [3.63, 3.8) is 0 Å². The second kappa shape index (κ2) is 7.48. The van der Waals surface area contributed by atoms with Gasteiger partial charge >= 0.3 is 0 Å². The second-order valence-electron chi connectivity index (χ2n) is 7.67. The Morgan fingerprint density at radius 3 is 2.78 bits per heavy atom. The third-order valence-electron chi connectivity index (χ3n) is 5.53. The maximum Gasteiger partial charge on any atom is 0.237 e. The van der Waals surface area contributed by atoms with Gasteiger partial charge in [-0.15, -0.1) is 0 Å². The van der Waals surface area contributed by atoms with Gasteiger partial charge in [0, 0.05) is 23.8 Å². The minimum Gasteiger partial charge on any atom is -0.464 e. The lowest BCUT2D eigenvalue weighted by molar-refractivity contribution is -0.136. The van der Waals surface area contributed by atoms with Crippen molar-refractivity contribution in [1.29, 1.82) is 0 Å². The summed E-state index contributed by atoms with van der Waals surface area (Å²) in [4.78, 5) is 17.4. The minimum atomic E-state index is 0.0633. The van der Waals surface area contributed by atoms with Gasteiger partial charge in [-0.25, -0.2) is 0 Å². The average Bonchev–Trinajstić information content (AvgIpc) is 3.32. The van der Waals surface area contributed by atoms with Gasteiger partial charge < -0.3 is 14.1 Å². The zero-order chi connectivity index (χ0) is 19.0. The van der Waals surface area contributed by atoms with E-state index in [9.17, 15) is 4.79 Å².